The molecule has 1 N–H and O–H groups in total. The topological polar surface area (TPSA) is 87.5 Å². The number of hydrogen-bond donors (Lipinski definition) is 1. The van der Waals surface area contributed by atoms with Gasteiger partial charge in [0.15, 0.2) is 0 Å². The summed E-state index contributed by atoms with van der Waals surface area (Å²) >= 11 is 1.27. The molecule has 2 aromatic heterocycles. The smallest absolute Gasteiger partial charge is 0.264 e. The van der Waals surface area contributed by atoms with Gasteiger partial charge in [-0.25, -0.2) is 4.98 Å². The van der Waals surface area contributed by atoms with Gasteiger partial charge in [0.1, 0.15) is 4.83 Å². The number of amides is 2. The van der Waals surface area contributed by atoms with Gasteiger partial charge in [0, 0.05) is 39.1 Å². The number of thiophene rings is 1. The summed E-state index contributed by atoms with van der Waals surface area (Å²) < 4.78 is 1.43. The molecule has 1 aliphatic heterocycles. The monoisotopic (exact) mass is 447 g/mol. The van der Waals surface area contributed by atoms with Crippen molar-refractivity contribution >= 4 is 33.4 Å². The second-order valence-electron chi connectivity index (χ2n) is 9.58. The Balaban J connectivity index is 1.61. The molecule has 1 saturated heterocycles. The summed E-state index contributed by atoms with van der Waals surface area (Å²) in [5.41, 5.74) is 0.562. The summed E-state index contributed by atoms with van der Waals surface area (Å²) in [5.74, 6) is -0.0742. The Bertz CT molecular complexity index is 1030. The number of carbonyl (C=O) groups is 2. The van der Waals surface area contributed by atoms with Gasteiger partial charge >= 0.3 is 0 Å². The predicted molar refractivity (Wildman–Crippen MR) is 124 cm³/mol. The molecule has 0 aliphatic carbocycles. The summed E-state index contributed by atoms with van der Waals surface area (Å²) in [7, 11) is 5.72. The van der Waals surface area contributed by atoms with Crippen LogP contribution in [-0.4, -0.2) is 71.4 Å². The zero-order valence-corrected chi connectivity index (χ0v) is 20.1. The fourth-order valence-electron chi connectivity index (χ4n) is 4.28. The first kappa shape index (κ1) is 23.4. The summed E-state index contributed by atoms with van der Waals surface area (Å²) in [6.45, 7) is 8.70. The Morgan fingerprint density at radius 3 is 2.55 bits per heavy atom. The van der Waals surface area contributed by atoms with E-state index in [2.05, 4.69) is 29.0 Å². The molecule has 2 aromatic rings. The van der Waals surface area contributed by atoms with Crippen molar-refractivity contribution in [2.24, 2.45) is 18.4 Å². The number of nitrogens with zero attached hydrogens (tertiary/aromatic N) is 4. The molecule has 2 amide bonds. The largest absolute Gasteiger partial charge is 0.355 e. The first-order valence-electron chi connectivity index (χ1n) is 10.7. The minimum atomic E-state index is -0.134. The maximum Gasteiger partial charge on any atom is 0.264 e. The Kier molecular flexibility index (Phi) is 6.85. The van der Waals surface area contributed by atoms with Gasteiger partial charge < -0.3 is 19.7 Å². The van der Waals surface area contributed by atoms with E-state index in [1.165, 1.54) is 22.2 Å². The van der Waals surface area contributed by atoms with Crippen LogP contribution in [-0.2, 0) is 11.8 Å². The normalized spacial score (nSPS) is 15.6. The van der Waals surface area contributed by atoms with Gasteiger partial charge in [-0.2, -0.15) is 0 Å². The van der Waals surface area contributed by atoms with Gasteiger partial charge in [-0.15, -0.1) is 11.3 Å². The molecule has 0 unspecified atom stereocenters. The Morgan fingerprint density at radius 2 is 1.94 bits per heavy atom. The van der Waals surface area contributed by atoms with E-state index in [4.69, 9.17) is 0 Å². The zero-order valence-electron chi connectivity index (χ0n) is 19.3. The van der Waals surface area contributed by atoms with E-state index >= 15 is 0 Å². The predicted octanol–water partition coefficient (Wildman–Crippen LogP) is 1.86. The van der Waals surface area contributed by atoms with E-state index in [9.17, 15) is 14.4 Å². The molecule has 9 heteroatoms. The van der Waals surface area contributed by atoms with Crippen molar-refractivity contribution < 1.29 is 9.59 Å². The fourth-order valence-corrected chi connectivity index (χ4v) is 5.39. The van der Waals surface area contributed by atoms with Gasteiger partial charge in [-0.3, -0.25) is 14.4 Å². The molecule has 0 bridgehead atoms. The Morgan fingerprint density at radius 1 is 1.29 bits per heavy atom. The second kappa shape index (κ2) is 9.08. The maximum absolute atomic E-state index is 13.1. The first-order valence-corrected chi connectivity index (χ1v) is 11.5. The van der Waals surface area contributed by atoms with Crippen molar-refractivity contribution in [1.29, 1.82) is 0 Å². The van der Waals surface area contributed by atoms with Crippen LogP contribution in [0.5, 0.6) is 0 Å². The molecule has 8 nitrogen and oxygen atoms in total. The minimum absolute atomic E-state index is 0.000373. The lowest BCUT2D eigenvalue weighted by atomic mass is 9.91. The number of fused-ring (bicyclic) bond motifs is 1. The number of aryl methyl sites for hydroxylation is 2. The van der Waals surface area contributed by atoms with Gasteiger partial charge in [0.2, 0.25) is 5.91 Å². The standard InChI is InChI=1S/C22H33N5O3S/c1-14-16-19(24-13-26(6)20(16)29)31-17(14)21(30)27-9-7-15(8-10-27)18(28)23-11-22(2,3)12-25(4)5/h13,15H,7-12H2,1-6H3,(H,23,28). The van der Waals surface area contributed by atoms with Crippen molar-refractivity contribution in [2.45, 2.75) is 33.6 Å². The highest BCUT2D eigenvalue weighted by atomic mass is 32.1. The van der Waals surface area contributed by atoms with Crippen LogP contribution in [0.1, 0.15) is 41.9 Å². The van der Waals surface area contributed by atoms with Crippen LogP contribution < -0.4 is 10.9 Å². The number of carbonyl (C=O) groups excluding carboxylic acids is 2. The van der Waals surface area contributed by atoms with Crippen molar-refractivity contribution in [3.8, 4) is 0 Å². The SMILES string of the molecule is Cc1c(C(=O)N2CCC(C(=O)NCC(C)(C)CN(C)C)CC2)sc2ncn(C)c(=O)c12. The molecule has 0 radical (unpaired) electrons. The van der Waals surface area contributed by atoms with Crippen molar-refractivity contribution in [3.05, 3.63) is 27.1 Å². The van der Waals surface area contributed by atoms with Crippen LogP contribution >= 0.6 is 11.3 Å². The van der Waals surface area contributed by atoms with Crippen LogP contribution in [0.25, 0.3) is 10.2 Å². The Labute approximate surface area is 187 Å². The number of rotatable bonds is 6. The van der Waals surface area contributed by atoms with Crippen molar-refractivity contribution in [2.75, 3.05) is 40.3 Å². The molecule has 1 aliphatic rings. The summed E-state index contributed by atoms with van der Waals surface area (Å²) in [4.78, 5) is 47.6. The van der Waals surface area contributed by atoms with Crippen LogP contribution in [0.2, 0.25) is 0 Å². The van der Waals surface area contributed by atoms with Crippen molar-refractivity contribution in [3.63, 3.8) is 0 Å². The summed E-state index contributed by atoms with van der Waals surface area (Å²) in [6, 6.07) is 0. The quantitative estimate of drug-likeness (QED) is 0.730. The lowest BCUT2D eigenvalue weighted by Crippen LogP contribution is -2.46. The molecule has 1 fully saturated rings. The third-order valence-corrected chi connectivity index (χ3v) is 7.03. The number of piperidine rings is 1. The second-order valence-corrected chi connectivity index (χ2v) is 10.6. The van der Waals surface area contributed by atoms with Gasteiger partial charge in [-0.1, -0.05) is 13.8 Å². The molecule has 0 aromatic carbocycles. The van der Waals surface area contributed by atoms with E-state index in [-0.39, 0.29) is 28.7 Å². The highest BCUT2D eigenvalue weighted by Gasteiger charge is 2.31. The minimum Gasteiger partial charge on any atom is -0.355 e. The summed E-state index contributed by atoms with van der Waals surface area (Å²) in [5, 5.41) is 3.62. The molecule has 0 saturated carbocycles. The van der Waals surface area contributed by atoms with E-state index in [1.807, 2.05) is 21.0 Å². The van der Waals surface area contributed by atoms with Crippen molar-refractivity contribution in [1.82, 2.24) is 24.7 Å². The molecule has 0 atom stereocenters. The molecule has 170 valence electrons. The van der Waals surface area contributed by atoms with Crippen LogP contribution in [0.4, 0.5) is 0 Å². The third kappa shape index (κ3) is 5.15. The lowest BCUT2D eigenvalue weighted by Gasteiger charge is -2.33. The molecular weight excluding hydrogens is 414 g/mol. The maximum atomic E-state index is 13.1. The number of hydrogen-bond acceptors (Lipinski definition) is 6. The van der Waals surface area contributed by atoms with Gasteiger partial charge in [0.25, 0.3) is 11.5 Å². The molecule has 3 heterocycles. The average molecular weight is 448 g/mol. The summed E-state index contributed by atoms with van der Waals surface area (Å²) in [6.07, 6.45) is 2.78. The average Bonchev–Trinajstić information content (AvgIpc) is 3.04. The highest BCUT2D eigenvalue weighted by Crippen LogP contribution is 2.29. The van der Waals surface area contributed by atoms with E-state index in [0.717, 1.165) is 6.54 Å². The zero-order chi connectivity index (χ0) is 22.9. The van der Waals surface area contributed by atoms with Gasteiger partial charge in [0.05, 0.1) is 16.6 Å². The van der Waals surface area contributed by atoms with Crippen LogP contribution in [0, 0.1) is 18.3 Å². The van der Waals surface area contributed by atoms with Crippen LogP contribution in [0.15, 0.2) is 11.1 Å². The first-order chi connectivity index (χ1) is 14.5. The van der Waals surface area contributed by atoms with E-state index in [1.54, 1.807) is 11.9 Å². The third-order valence-electron chi connectivity index (χ3n) is 5.84. The molecule has 31 heavy (non-hydrogen) atoms. The molecular formula is C22H33N5O3S. The fraction of sp³-hybridized carbons (Fsp3) is 0.636. The Hall–Kier alpha value is -2.26. The highest BCUT2D eigenvalue weighted by molar-refractivity contribution is 7.20. The van der Waals surface area contributed by atoms with Gasteiger partial charge in [-0.05, 0) is 44.8 Å². The number of nitrogens with one attached hydrogen (secondary N) is 1. The van der Waals surface area contributed by atoms with Crippen LogP contribution in [0.3, 0.4) is 0 Å². The number of aromatic nitrogens is 2. The lowest BCUT2D eigenvalue weighted by molar-refractivity contribution is -0.126. The molecule has 3 rings (SSSR count). The molecule has 0 spiro atoms. The van der Waals surface area contributed by atoms with E-state index < -0.39 is 0 Å². The number of likely N-dealkylation sites (tertiary alicyclic amines) is 1. The van der Waals surface area contributed by atoms with E-state index in [0.29, 0.717) is 53.1 Å².